The van der Waals surface area contributed by atoms with Crippen molar-refractivity contribution in [2.24, 2.45) is 0 Å². The Morgan fingerprint density at radius 1 is 1.00 bits per heavy atom. The van der Waals surface area contributed by atoms with E-state index in [1.165, 1.54) is 0 Å². The number of hydrogen-bond donors (Lipinski definition) is 1. The van der Waals surface area contributed by atoms with Crippen LogP contribution in [0.1, 0.15) is 32.6 Å². The molecule has 19 heavy (non-hydrogen) atoms. The molecule has 0 atom stereocenters. The van der Waals surface area contributed by atoms with Gasteiger partial charge in [0.2, 0.25) is 0 Å². The Balaban J connectivity index is 2.54. The molecular weight excluding hydrogens is 250 g/mol. The summed E-state index contributed by atoms with van der Waals surface area (Å²) in [5.74, 6) is 0.0359. The number of carbonyl (C=O) groups is 1. The Bertz CT molecular complexity index is 747. The lowest BCUT2D eigenvalue weighted by Crippen LogP contribution is -2.19. The third-order valence-corrected chi connectivity index (χ3v) is 4.74. The zero-order valence-corrected chi connectivity index (χ0v) is 12.2. The van der Waals surface area contributed by atoms with Crippen molar-refractivity contribution in [3.8, 4) is 11.1 Å². The molecule has 93 valence electrons. The summed E-state index contributed by atoms with van der Waals surface area (Å²) in [6, 6.07) is 5.84. The van der Waals surface area contributed by atoms with E-state index in [2.05, 4.69) is 10.2 Å². The van der Waals surface area contributed by atoms with Crippen LogP contribution in [0.2, 0.25) is 0 Å². The first-order valence-corrected chi connectivity index (χ1v) is 6.74. The molecule has 1 aliphatic rings. The topological polar surface area (TPSA) is 43.1 Å². The maximum absolute atomic E-state index is 12.6. The number of ketones is 1. The van der Waals surface area contributed by atoms with Gasteiger partial charge < -0.3 is 5.73 Å². The zero-order chi connectivity index (χ0) is 13.9. The van der Waals surface area contributed by atoms with E-state index in [1.54, 1.807) is 0 Å². The van der Waals surface area contributed by atoms with Gasteiger partial charge in [0.05, 0.1) is 15.8 Å². The van der Waals surface area contributed by atoms with E-state index in [4.69, 9.17) is 5.73 Å². The van der Waals surface area contributed by atoms with Crippen LogP contribution in [-0.2, 0) is 0 Å². The molecule has 3 heteroatoms. The van der Waals surface area contributed by atoms with Gasteiger partial charge in [0, 0.05) is 11.3 Å². The van der Waals surface area contributed by atoms with Gasteiger partial charge in [0.1, 0.15) is 0 Å². The third-order valence-electron chi connectivity index (χ3n) is 4.10. The van der Waals surface area contributed by atoms with Crippen LogP contribution in [0.3, 0.4) is 0 Å². The minimum absolute atomic E-state index is 0.0359. The van der Waals surface area contributed by atoms with Crippen molar-refractivity contribution in [1.29, 1.82) is 0 Å². The summed E-state index contributed by atoms with van der Waals surface area (Å²) < 4.78 is 0. The fourth-order valence-corrected chi connectivity index (χ4v) is 3.21. The van der Waals surface area contributed by atoms with Gasteiger partial charge in [-0.2, -0.15) is 0 Å². The molecule has 2 aromatic rings. The Labute approximate surface area is 116 Å². The van der Waals surface area contributed by atoms with E-state index in [-0.39, 0.29) is 5.78 Å². The molecule has 0 spiro atoms. The molecule has 1 aliphatic carbocycles. The lowest BCUT2D eigenvalue weighted by molar-refractivity contribution is 0.104. The van der Waals surface area contributed by atoms with Crippen molar-refractivity contribution in [1.82, 2.24) is 0 Å². The first-order valence-electron chi connectivity index (χ1n) is 6.24. The van der Waals surface area contributed by atoms with Crippen molar-refractivity contribution in [3.63, 3.8) is 0 Å². The largest absolute Gasteiger partial charge is 0.398 e. The Kier molecular flexibility index (Phi) is 2.44. The summed E-state index contributed by atoms with van der Waals surface area (Å²) in [7, 11) is 3.55. The van der Waals surface area contributed by atoms with Crippen LogP contribution in [0.5, 0.6) is 0 Å². The highest BCUT2D eigenvalue weighted by atomic mass is 28.1. The number of nitrogens with two attached hydrogens (primary N) is 1. The second-order valence-corrected chi connectivity index (χ2v) is 5.62. The van der Waals surface area contributed by atoms with Gasteiger partial charge >= 0.3 is 0 Å². The molecule has 0 unspecified atom stereocenters. The fraction of sp³-hybridized carbons (Fsp3) is 0.188. The van der Waals surface area contributed by atoms with Crippen LogP contribution >= 0.6 is 0 Å². The van der Waals surface area contributed by atoms with E-state index in [9.17, 15) is 4.79 Å². The van der Waals surface area contributed by atoms with Crippen LogP contribution in [0, 0.1) is 20.8 Å². The number of carbonyl (C=O) groups excluding carboxylic acids is 1. The monoisotopic (exact) mass is 264 g/mol. The molecule has 0 fully saturated rings. The van der Waals surface area contributed by atoms with Gasteiger partial charge in [-0.25, -0.2) is 0 Å². The van der Waals surface area contributed by atoms with E-state index in [0.29, 0.717) is 11.3 Å². The second-order valence-electron chi connectivity index (χ2n) is 5.12. The van der Waals surface area contributed by atoms with Gasteiger partial charge in [0.25, 0.3) is 0 Å². The molecule has 0 amide bonds. The fourth-order valence-electron chi connectivity index (χ4n) is 2.90. The smallest absolute Gasteiger partial charge is 0.196 e. The van der Waals surface area contributed by atoms with Crippen molar-refractivity contribution in [3.05, 3.63) is 46.0 Å². The molecule has 2 aromatic carbocycles. The molecule has 2 N–H and O–H groups in total. The minimum atomic E-state index is 0.0359. The van der Waals surface area contributed by atoms with Gasteiger partial charge in [-0.1, -0.05) is 18.2 Å². The summed E-state index contributed by atoms with van der Waals surface area (Å²) >= 11 is 0. The predicted octanol–water partition coefficient (Wildman–Crippen LogP) is 2.20. The second kappa shape index (κ2) is 3.81. The van der Waals surface area contributed by atoms with E-state index < -0.39 is 0 Å². The molecule has 0 bridgehead atoms. The third kappa shape index (κ3) is 1.39. The molecule has 2 nitrogen and oxygen atoms in total. The number of aryl methyl sites for hydroxylation is 1. The molecular formula is C16H14NOSi. The number of hydrogen-bond acceptors (Lipinski definition) is 2. The van der Waals surface area contributed by atoms with Crippen molar-refractivity contribution in [2.75, 3.05) is 5.73 Å². The lowest BCUT2D eigenvalue weighted by Gasteiger charge is -2.15. The normalized spacial score (nSPS) is 12.5. The van der Waals surface area contributed by atoms with E-state index >= 15 is 0 Å². The zero-order valence-electron chi connectivity index (χ0n) is 11.2. The molecule has 0 saturated carbocycles. The highest BCUT2D eigenvalue weighted by molar-refractivity contribution is 6.40. The number of rotatable bonds is 0. The van der Waals surface area contributed by atoms with Crippen LogP contribution in [0.25, 0.3) is 11.1 Å². The van der Waals surface area contributed by atoms with Gasteiger partial charge in [-0.15, -0.1) is 0 Å². The van der Waals surface area contributed by atoms with Crippen molar-refractivity contribution >= 4 is 26.9 Å². The van der Waals surface area contributed by atoms with Crippen LogP contribution in [0.15, 0.2) is 18.2 Å². The molecule has 0 aromatic heterocycles. The summed E-state index contributed by atoms with van der Waals surface area (Å²) in [6.45, 7) is 6.11. The number of fused-ring (bicyclic) bond motifs is 3. The lowest BCUT2D eigenvalue weighted by atomic mass is 9.93. The molecule has 3 radical (unpaired) electrons. The first kappa shape index (κ1) is 12.2. The summed E-state index contributed by atoms with van der Waals surface area (Å²) in [6.07, 6.45) is 0. The first-order chi connectivity index (χ1) is 8.95. The van der Waals surface area contributed by atoms with E-state index in [0.717, 1.165) is 38.6 Å². The van der Waals surface area contributed by atoms with Gasteiger partial charge in [-0.05, 0) is 53.8 Å². The summed E-state index contributed by atoms with van der Waals surface area (Å²) in [5.41, 5.74) is 13.5. The summed E-state index contributed by atoms with van der Waals surface area (Å²) in [5, 5.41) is 0.829. The molecule has 3 rings (SSSR count). The van der Waals surface area contributed by atoms with Crippen LogP contribution in [0.4, 0.5) is 5.69 Å². The van der Waals surface area contributed by atoms with Crippen LogP contribution < -0.4 is 10.9 Å². The standard InChI is InChI=1S/C16H14NOSi/c1-7-5-4-6-10-11(7)12-8(2)9(3)16(19)14(17)13(12)15(10)18/h4-6H,17H2,1-3H3. The predicted molar refractivity (Wildman–Crippen MR) is 79.3 cm³/mol. The van der Waals surface area contributed by atoms with E-state index in [1.807, 2.05) is 39.0 Å². The average Bonchev–Trinajstić information content (AvgIpc) is 2.69. The maximum atomic E-state index is 12.6. The minimum Gasteiger partial charge on any atom is -0.398 e. The quantitative estimate of drug-likeness (QED) is 0.499. The Morgan fingerprint density at radius 2 is 1.68 bits per heavy atom. The highest BCUT2D eigenvalue weighted by Gasteiger charge is 2.32. The maximum Gasteiger partial charge on any atom is 0.196 e. The molecule has 0 aliphatic heterocycles. The van der Waals surface area contributed by atoms with Gasteiger partial charge in [0.15, 0.2) is 5.78 Å². The Morgan fingerprint density at radius 3 is 2.37 bits per heavy atom. The van der Waals surface area contributed by atoms with Crippen molar-refractivity contribution < 1.29 is 4.79 Å². The van der Waals surface area contributed by atoms with Crippen molar-refractivity contribution in [2.45, 2.75) is 20.8 Å². The number of anilines is 1. The van der Waals surface area contributed by atoms with Gasteiger partial charge in [-0.3, -0.25) is 4.79 Å². The molecule has 0 heterocycles. The number of nitrogen functional groups attached to an aromatic ring is 1. The number of benzene rings is 2. The Hall–Kier alpha value is -1.87. The molecule has 0 saturated heterocycles. The SMILES string of the molecule is Cc1cccc2c1-c1c(C)c(C)c([Si])c(N)c1C2=O. The van der Waals surface area contributed by atoms with Crippen LogP contribution in [-0.4, -0.2) is 16.0 Å². The average molecular weight is 264 g/mol. The summed E-state index contributed by atoms with van der Waals surface area (Å²) in [4.78, 5) is 12.6. The highest BCUT2D eigenvalue weighted by Crippen LogP contribution is 2.43.